The summed E-state index contributed by atoms with van der Waals surface area (Å²) in [6.07, 6.45) is 1.10. The van der Waals surface area contributed by atoms with Gasteiger partial charge in [0.15, 0.2) is 0 Å². The van der Waals surface area contributed by atoms with Crippen LogP contribution in [0, 0.1) is 12.7 Å². The fraction of sp³-hybridized carbons (Fsp3) is 0.241. The molecule has 0 bridgehead atoms. The number of nitrogens with zero attached hydrogens (tertiary/aromatic N) is 3. The van der Waals surface area contributed by atoms with Gasteiger partial charge in [0.1, 0.15) is 11.6 Å². The molecule has 0 aliphatic carbocycles. The van der Waals surface area contributed by atoms with Crippen LogP contribution in [0.1, 0.15) is 30.4 Å². The molecule has 2 heterocycles. The first-order chi connectivity index (χ1) is 18.0. The number of primary amides is 1. The van der Waals surface area contributed by atoms with Gasteiger partial charge in [0.2, 0.25) is 5.88 Å². The van der Waals surface area contributed by atoms with E-state index in [1.807, 2.05) is 62.4 Å². The van der Waals surface area contributed by atoms with Crippen molar-refractivity contribution >= 4 is 17.5 Å². The number of hydrogen-bond acceptors (Lipinski definition) is 4. The Balaban J connectivity index is 0.000000173. The van der Waals surface area contributed by atoms with Crippen LogP contribution in [-0.4, -0.2) is 35.5 Å². The van der Waals surface area contributed by atoms with Crippen molar-refractivity contribution in [2.45, 2.75) is 26.2 Å². The highest BCUT2D eigenvalue weighted by Crippen LogP contribution is 2.32. The fourth-order valence-electron chi connectivity index (χ4n) is 4.45. The highest BCUT2D eigenvalue weighted by molar-refractivity contribution is 5.88. The molecule has 2 amide bonds. The second kappa shape index (κ2) is 12.1. The van der Waals surface area contributed by atoms with Gasteiger partial charge in [-0.05, 0) is 50.1 Å². The monoisotopic (exact) mass is 501 g/mol. The molecule has 4 aromatic rings. The minimum Gasteiger partial charge on any atom is -0.477 e. The molecule has 1 unspecified atom stereocenters. The predicted molar refractivity (Wildman–Crippen MR) is 145 cm³/mol. The van der Waals surface area contributed by atoms with Crippen LogP contribution in [0.3, 0.4) is 0 Å². The average molecular weight is 502 g/mol. The lowest BCUT2D eigenvalue weighted by Gasteiger charge is -2.19. The van der Waals surface area contributed by atoms with Crippen LogP contribution in [-0.2, 0) is 0 Å². The molecule has 3 aromatic carbocycles. The van der Waals surface area contributed by atoms with Crippen molar-refractivity contribution in [2.24, 2.45) is 5.73 Å². The number of benzene rings is 3. The number of hydrogen-bond donors (Lipinski definition) is 2. The number of nitrogens with two attached hydrogens (primary N) is 1. The van der Waals surface area contributed by atoms with E-state index in [4.69, 9.17) is 10.5 Å². The highest BCUT2D eigenvalue weighted by Gasteiger charge is 2.25. The average Bonchev–Trinajstić information content (AvgIpc) is 3.52. The third kappa shape index (κ3) is 6.27. The quantitative estimate of drug-likeness (QED) is 0.345. The number of rotatable bonds is 6. The van der Waals surface area contributed by atoms with Crippen LogP contribution in [0.25, 0.3) is 5.69 Å². The molecule has 5 rings (SSSR count). The van der Waals surface area contributed by atoms with Crippen LogP contribution < -0.4 is 20.7 Å². The van der Waals surface area contributed by atoms with Crippen LogP contribution in [0.5, 0.6) is 5.88 Å². The third-order valence-corrected chi connectivity index (χ3v) is 6.25. The largest absolute Gasteiger partial charge is 0.477 e. The Labute approximate surface area is 216 Å². The third-order valence-electron chi connectivity index (χ3n) is 6.25. The summed E-state index contributed by atoms with van der Waals surface area (Å²) in [6, 6.07) is 26.4. The van der Waals surface area contributed by atoms with Crippen molar-refractivity contribution in [2.75, 3.05) is 29.9 Å². The minimum absolute atomic E-state index is 0.119. The van der Waals surface area contributed by atoms with Gasteiger partial charge in [0.25, 0.3) is 0 Å². The molecule has 192 valence electrons. The number of aromatic nitrogens is 2. The molecule has 1 aliphatic heterocycles. The van der Waals surface area contributed by atoms with E-state index < -0.39 is 6.03 Å². The van der Waals surface area contributed by atoms with Crippen molar-refractivity contribution in [3.05, 3.63) is 102 Å². The molecular formula is C29H32FN5O2. The first-order valence-corrected chi connectivity index (χ1v) is 12.4. The van der Waals surface area contributed by atoms with Crippen molar-refractivity contribution in [1.82, 2.24) is 9.78 Å². The van der Waals surface area contributed by atoms with Gasteiger partial charge in [-0.2, -0.15) is 0 Å². The topological polar surface area (TPSA) is 85.4 Å². The van der Waals surface area contributed by atoms with Gasteiger partial charge in [0, 0.05) is 19.0 Å². The number of amides is 2. The van der Waals surface area contributed by atoms with Gasteiger partial charge in [0.05, 0.1) is 23.5 Å². The highest BCUT2D eigenvalue weighted by atomic mass is 19.1. The molecule has 0 radical (unpaired) electrons. The summed E-state index contributed by atoms with van der Waals surface area (Å²) >= 11 is 0. The smallest absolute Gasteiger partial charge is 0.317 e. The normalized spacial score (nSPS) is 14.6. The summed E-state index contributed by atoms with van der Waals surface area (Å²) in [4.78, 5) is 13.2. The standard InChI is InChI=1S/C16H16FN.C13H16N4O2/c17-15-8-4-5-9-16(15)18-11-10-14(12-18)13-6-2-1-3-7-13;1-3-19-12-9(2)11(15-13(14)18)17(16-12)10-7-5-4-6-8-10/h1-9,14H,10-12H2;4-8H,3H2,1-2H3,(H3,14,15,18). The second-order valence-corrected chi connectivity index (χ2v) is 8.74. The molecule has 8 heteroatoms. The lowest BCUT2D eigenvalue weighted by molar-refractivity contribution is 0.259. The number of ether oxygens (including phenoxy) is 1. The molecule has 37 heavy (non-hydrogen) atoms. The fourth-order valence-corrected chi connectivity index (χ4v) is 4.45. The molecule has 7 nitrogen and oxygen atoms in total. The van der Waals surface area contributed by atoms with E-state index in [9.17, 15) is 9.18 Å². The van der Waals surface area contributed by atoms with Gasteiger partial charge in [-0.25, -0.2) is 13.9 Å². The van der Waals surface area contributed by atoms with Crippen molar-refractivity contribution in [1.29, 1.82) is 0 Å². The molecular weight excluding hydrogens is 469 g/mol. The Hall–Kier alpha value is -4.33. The predicted octanol–water partition coefficient (Wildman–Crippen LogP) is 5.89. The van der Waals surface area contributed by atoms with Crippen molar-refractivity contribution in [3.8, 4) is 11.6 Å². The van der Waals surface area contributed by atoms with E-state index in [0.717, 1.165) is 36.4 Å². The number of anilines is 2. The molecule has 1 aliphatic rings. The Morgan fingerprint density at radius 1 is 1.05 bits per heavy atom. The number of nitrogens with one attached hydrogen (secondary N) is 1. The van der Waals surface area contributed by atoms with Gasteiger partial charge in [-0.15, -0.1) is 5.10 Å². The lowest BCUT2D eigenvalue weighted by atomic mass is 9.99. The maximum atomic E-state index is 13.7. The molecule has 0 spiro atoms. The summed E-state index contributed by atoms with van der Waals surface area (Å²) in [6.45, 7) is 6.04. The SMILES string of the molecule is CCOc1nn(-c2ccccc2)c(NC(N)=O)c1C.Fc1ccccc1N1CCC(c2ccccc2)C1. The summed E-state index contributed by atoms with van der Waals surface area (Å²) in [5.74, 6) is 1.40. The molecule has 3 N–H and O–H groups in total. The van der Waals surface area contributed by atoms with E-state index in [-0.39, 0.29) is 5.82 Å². The van der Waals surface area contributed by atoms with Gasteiger partial charge in [-0.3, -0.25) is 5.32 Å². The van der Waals surface area contributed by atoms with Gasteiger partial charge < -0.3 is 15.4 Å². The van der Waals surface area contributed by atoms with Crippen LogP contribution in [0.15, 0.2) is 84.9 Å². The van der Waals surface area contributed by atoms with Crippen LogP contribution in [0.4, 0.5) is 20.7 Å². The van der Waals surface area contributed by atoms with E-state index in [0.29, 0.717) is 24.2 Å². The lowest BCUT2D eigenvalue weighted by Crippen LogP contribution is -2.21. The Kier molecular flexibility index (Phi) is 8.40. The molecule has 1 saturated heterocycles. The number of urea groups is 1. The molecule has 1 atom stereocenters. The summed E-state index contributed by atoms with van der Waals surface area (Å²) < 4.78 is 20.8. The van der Waals surface area contributed by atoms with E-state index >= 15 is 0 Å². The second-order valence-electron chi connectivity index (χ2n) is 8.74. The zero-order valence-electron chi connectivity index (χ0n) is 21.1. The van der Waals surface area contributed by atoms with E-state index in [2.05, 4.69) is 39.6 Å². The Morgan fingerprint density at radius 3 is 2.35 bits per heavy atom. The maximum absolute atomic E-state index is 13.7. The molecule has 1 aromatic heterocycles. The number of halogens is 1. The van der Waals surface area contributed by atoms with Crippen LogP contribution in [0.2, 0.25) is 0 Å². The zero-order valence-corrected chi connectivity index (χ0v) is 21.1. The van der Waals surface area contributed by atoms with Crippen molar-refractivity contribution < 1.29 is 13.9 Å². The Bertz CT molecular complexity index is 1310. The number of carbonyl (C=O) groups is 1. The Morgan fingerprint density at radius 2 is 1.70 bits per heavy atom. The first kappa shape index (κ1) is 25.8. The van der Waals surface area contributed by atoms with Crippen LogP contribution >= 0.6 is 0 Å². The summed E-state index contributed by atoms with van der Waals surface area (Å²) in [7, 11) is 0. The first-order valence-electron chi connectivity index (χ1n) is 12.4. The van der Waals surface area contributed by atoms with Crippen molar-refractivity contribution in [3.63, 3.8) is 0 Å². The minimum atomic E-state index is -0.636. The van der Waals surface area contributed by atoms with E-state index in [1.54, 1.807) is 10.7 Å². The maximum Gasteiger partial charge on any atom is 0.317 e. The zero-order chi connectivity index (χ0) is 26.2. The van der Waals surface area contributed by atoms with Gasteiger partial charge in [-0.1, -0.05) is 60.7 Å². The molecule has 0 saturated carbocycles. The molecule has 1 fully saturated rings. The summed E-state index contributed by atoms with van der Waals surface area (Å²) in [5, 5.41) is 6.93. The number of para-hydroxylation sites is 2. The number of carbonyl (C=O) groups excluding carboxylic acids is 1. The van der Waals surface area contributed by atoms with Gasteiger partial charge >= 0.3 is 6.03 Å². The van der Waals surface area contributed by atoms with E-state index in [1.165, 1.54) is 11.6 Å². The summed E-state index contributed by atoms with van der Waals surface area (Å²) in [5.41, 5.74) is 8.84.